The van der Waals surface area contributed by atoms with E-state index in [1.807, 2.05) is 12.1 Å². The molecule has 3 aromatic carbocycles. The Hall–Kier alpha value is -3.48. The molecule has 1 aliphatic rings. The number of fused-ring (bicyclic) bond motifs is 2. The van der Waals surface area contributed by atoms with E-state index in [0.29, 0.717) is 22.2 Å². The van der Waals surface area contributed by atoms with Gasteiger partial charge in [-0.25, -0.2) is 0 Å². The molecule has 0 fully saturated rings. The zero-order valence-corrected chi connectivity index (χ0v) is 19.6. The number of hydrogen-bond donors (Lipinski definition) is 1. The fraction of sp³-hybridized carbons (Fsp3) is 0.154. The van der Waals surface area contributed by atoms with Crippen molar-refractivity contribution in [2.75, 3.05) is 6.61 Å². The van der Waals surface area contributed by atoms with E-state index in [1.165, 1.54) is 12.1 Å². The molecule has 0 aliphatic carbocycles. The Bertz CT molecular complexity index is 1500. The van der Waals surface area contributed by atoms with Crippen LogP contribution in [0.2, 0.25) is 10.0 Å². The minimum Gasteiger partial charge on any atom is -0.504 e. The molecule has 2 heterocycles. The number of phenols is 1. The average molecular weight is 496 g/mol. The van der Waals surface area contributed by atoms with E-state index in [9.17, 15) is 14.7 Å². The summed E-state index contributed by atoms with van der Waals surface area (Å²) in [7, 11) is 0. The number of carbonyl (C=O) groups excluding carboxylic acids is 1. The Labute approximate surface area is 204 Å². The second-order valence-electron chi connectivity index (χ2n) is 7.90. The molecule has 0 saturated heterocycles. The van der Waals surface area contributed by atoms with Crippen molar-refractivity contribution in [1.29, 1.82) is 0 Å². The molecule has 8 heteroatoms. The largest absolute Gasteiger partial charge is 0.504 e. The second kappa shape index (κ2) is 8.70. The molecule has 5 rings (SSSR count). The Morgan fingerprint density at radius 2 is 1.85 bits per heavy atom. The number of carbonyl (C=O) groups is 1. The molecule has 0 unspecified atom stereocenters. The summed E-state index contributed by atoms with van der Waals surface area (Å²) in [5, 5.41) is 11.4. The predicted molar refractivity (Wildman–Crippen MR) is 130 cm³/mol. The van der Waals surface area contributed by atoms with Gasteiger partial charge in [-0.3, -0.25) is 9.59 Å². The van der Waals surface area contributed by atoms with Crippen LogP contribution in [0.4, 0.5) is 0 Å². The first-order valence-electron chi connectivity index (χ1n) is 10.7. The number of phenolic OH excluding ortho intramolecular Hbond substituents is 1. The second-order valence-corrected chi connectivity index (χ2v) is 8.75. The highest BCUT2D eigenvalue weighted by atomic mass is 35.5. The van der Waals surface area contributed by atoms with Crippen LogP contribution >= 0.6 is 23.2 Å². The van der Waals surface area contributed by atoms with Crippen molar-refractivity contribution in [1.82, 2.24) is 4.90 Å². The smallest absolute Gasteiger partial charge is 0.291 e. The highest BCUT2D eigenvalue weighted by Crippen LogP contribution is 2.42. The summed E-state index contributed by atoms with van der Waals surface area (Å²) >= 11 is 12.5. The SMILES string of the molecule is CCOc1cc([C@@H]2c3c(oc4ccc(Cl)cc4c3=O)C(=O)N2Cc2ccccc2Cl)ccc1O. The van der Waals surface area contributed by atoms with E-state index >= 15 is 0 Å². The number of benzene rings is 3. The van der Waals surface area contributed by atoms with E-state index in [-0.39, 0.29) is 45.8 Å². The van der Waals surface area contributed by atoms with Gasteiger partial charge >= 0.3 is 0 Å². The van der Waals surface area contributed by atoms with Gasteiger partial charge in [0.05, 0.1) is 23.6 Å². The zero-order chi connectivity index (χ0) is 24.0. The fourth-order valence-electron chi connectivity index (χ4n) is 4.28. The fourth-order valence-corrected chi connectivity index (χ4v) is 4.65. The maximum absolute atomic E-state index is 13.6. The molecule has 1 atom stereocenters. The molecule has 1 N–H and O–H groups in total. The molecule has 34 heavy (non-hydrogen) atoms. The standard InChI is InChI=1S/C26H19Cl2NO5/c1-2-33-21-11-14(7-9-19(21)30)23-22-24(31)17-12-16(27)8-10-20(17)34-25(22)26(32)29(23)13-15-5-3-4-6-18(15)28/h3-12,23,30H,2,13H2,1H3/t23-/m1/s1. The molecule has 1 aliphatic heterocycles. The number of nitrogens with zero attached hydrogens (tertiary/aromatic N) is 1. The summed E-state index contributed by atoms with van der Waals surface area (Å²) in [5.74, 6) is -0.236. The maximum Gasteiger partial charge on any atom is 0.291 e. The molecular weight excluding hydrogens is 477 g/mol. The lowest BCUT2D eigenvalue weighted by Gasteiger charge is -2.26. The van der Waals surface area contributed by atoms with Crippen molar-refractivity contribution >= 4 is 40.1 Å². The summed E-state index contributed by atoms with van der Waals surface area (Å²) in [6.45, 7) is 2.29. The summed E-state index contributed by atoms with van der Waals surface area (Å²) in [6, 6.07) is 15.9. The van der Waals surface area contributed by atoms with Gasteiger partial charge in [0, 0.05) is 16.6 Å². The lowest BCUT2D eigenvalue weighted by Crippen LogP contribution is -2.29. The lowest BCUT2D eigenvalue weighted by molar-refractivity contribution is 0.0714. The van der Waals surface area contributed by atoms with Gasteiger partial charge in [0.1, 0.15) is 5.58 Å². The highest BCUT2D eigenvalue weighted by Gasteiger charge is 2.43. The van der Waals surface area contributed by atoms with Crippen LogP contribution in [-0.2, 0) is 6.54 Å². The number of halogens is 2. The Kier molecular flexibility index (Phi) is 5.71. The minimum atomic E-state index is -0.779. The van der Waals surface area contributed by atoms with E-state index in [2.05, 4.69) is 0 Å². The van der Waals surface area contributed by atoms with Gasteiger partial charge in [-0.2, -0.15) is 0 Å². The number of ether oxygens (including phenoxy) is 1. The van der Waals surface area contributed by atoms with Crippen molar-refractivity contribution < 1.29 is 19.1 Å². The molecule has 0 bridgehead atoms. The van der Waals surface area contributed by atoms with E-state index < -0.39 is 11.9 Å². The normalized spacial score (nSPS) is 15.1. The summed E-state index contributed by atoms with van der Waals surface area (Å²) in [6.07, 6.45) is 0. The molecule has 4 aromatic rings. The van der Waals surface area contributed by atoms with Gasteiger partial charge < -0.3 is 19.2 Å². The Morgan fingerprint density at radius 3 is 2.62 bits per heavy atom. The van der Waals surface area contributed by atoms with Crippen molar-refractivity contribution in [3.8, 4) is 11.5 Å². The zero-order valence-electron chi connectivity index (χ0n) is 18.0. The summed E-state index contributed by atoms with van der Waals surface area (Å²) < 4.78 is 11.5. The highest BCUT2D eigenvalue weighted by molar-refractivity contribution is 6.31. The van der Waals surface area contributed by atoms with E-state index in [0.717, 1.165) is 5.56 Å². The molecule has 0 spiro atoms. The molecular formula is C26H19Cl2NO5. The van der Waals surface area contributed by atoms with Gasteiger partial charge in [0.25, 0.3) is 5.91 Å². The average Bonchev–Trinajstić information content (AvgIpc) is 3.09. The first-order valence-corrected chi connectivity index (χ1v) is 11.4. The predicted octanol–water partition coefficient (Wildman–Crippen LogP) is 5.95. The van der Waals surface area contributed by atoms with Crippen molar-refractivity contribution in [3.05, 3.63) is 103 Å². The van der Waals surface area contributed by atoms with Crippen LogP contribution in [0.1, 0.15) is 40.2 Å². The van der Waals surface area contributed by atoms with E-state index in [4.69, 9.17) is 32.4 Å². The Morgan fingerprint density at radius 1 is 1.06 bits per heavy atom. The van der Waals surface area contributed by atoms with Crippen LogP contribution in [0.15, 0.2) is 69.9 Å². The first kappa shape index (κ1) is 22.3. The third-order valence-corrected chi connectivity index (χ3v) is 6.43. The van der Waals surface area contributed by atoms with Crippen molar-refractivity contribution in [2.45, 2.75) is 19.5 Å². The van der Waals surface area contributed by atoms with Gasteiger partial charge in [-0.15, -0.1) is 0 Å². The van der Waals surface area contributed by atoms with Crippen LogP contribution in [0, 0.1) is 0 Å². The number of hydrogen-bond acceptors (Lipinski definition) is 5. The van der Waals surface area contributed by atoms with Crippen LogP contribution in [0.3, 0.4) is 0 Å². The number of amides is 1. The topological polar surface area (TPSA) is 80.0 Å². The monoisotopic (exact) mass is 495 g/mol. The van der Waals surface area contributed by atoms with Crippen LogP contribution in [0.25, 0.3) is 11.0 Å². The number of rotatable bonds is 5. The summed E-state index contributed by atoms with van der Waals surface area (Å²) in [5.41, 5.74) is 1.46. The van der Waals surface area contributed by atoms with Crippen molar-refractivity contribution in [2.24, 2.45) is 0 Å². The quantitative estimate of drug-likeness (QED) is 0.370. The van der Waals surface area contributed by atoms with Gasteiger partial charge in [0.15, 0.2) is 16.9 Å². The molecule has 6 nitrogen and oxygen atoms in total. The molecule has 1 aromatic heterocycles. The molecule has 0 saturated carbocycles. The molecule has 1 amide bonds. The minimum absolute atomic E-state index is 0.0251. The molecule has 0 radical (unpaired) electrons. The molecule has 172 valence electrons. The van der Waals surface area contributed by atoms with E-state index in [1.54, 1.807) is 48.2 Å². The van der Waals surface area contributed by atoms with Crippen LogP contribution in [0.5, 0.6) is 11.5 Å². The van der Waals surface area contributed by atoms with Gasteiger partial charge in [-0.05, 0) is 54.4 Å². The Balaban J connectivity index is 1.74. The van der Waals surface area contributed by atoms with Crippen molar-refractivity contribution in [3.63, 3.8) is 0 Å². The lowest BCUT2D eigenvalue weighted by atomic mass is 9.97. The number of aromatic hydroxyl groups is 1. The van der Waals surface area contributed by atoms with Crippen LogP contribution in [-0.4, -0.2) is 22.5 Å². The third-order valence-electron chi connectivity index (χ3n) is 5.83. The van der Waals surface area contributed by atoms with Gasteiger partial charge in [-0.1, -0.05) is 47.5 Å². The van der Waals surface area contributed by atoms with Gasteiger partial charge in [0.2, 0.25) is 5.76 Å². The first-order chi connectivity index (χ1) is 16.4. The maximum atomic E-state index is 13.6. The van der Waals surface area contributed by atoms with Crippen LogP contribution < -0.4 is 10.2 Å². The summed E-state index contributed by atoms with van der Waals surface area (Å²) in [4.78, 5) is 28.8. The third kappa shape index (κ3) is 3.69.